The molecule has 2 amide bonds. The number of amides is 2. The molecule has 1 fully saturated rings. The molecule has 2 aliphatic heterocycles. The Balaban J connectivity index is 1.48. The Morgan fingerprint density at radius 1 is 0.892 bits per heavy atom. The minimum absolute atomic E-state index is 0.0737. The number of piperazine rings is 1. The van der Waals surface area contributed by atoms with Gasteiger partial charge in [0.1, 0.15) is 11.6 Å². The van der Waals surface area contributed by atoms with E-state index in [1.807, 2.05) is 17.0 Å². The van der Waals surface area contributed by atoms with Crippen LogP contribution in [-0.4, -0.2) is 68.1 Å². The Bertz CT molecular complexity index is 1260. The molecule has 1 saturated heterocycles. The third-order valence-corrected chi connectivity index (χ3v) is 7.24. The zero-order valence-electron chi connectivity index (χ0n) is 20.6. The maximum atomic E-state index is 14.2. The van der Waals surface area contributed by atoms with Crippen molar-refractivity contribution in [2.24, 2.45) is 0 Å². The number of fused-ring (bicyclic) bond motifs is 1. The molecular weight excluding hydrogens is 476 g/mol. The number of benzene rings is 3. The molecule has 192 valence electrons. The van der Waals surface area contributed by atoms with E-state index in [4.69, 9.17) is 4.74 Å². The topological polar surface area (TPSA) is 53.1 Å². The minimum atomic E-state index is -0.645. The number of hydrogen-bond acceptors (Lipinski definition) is 4. The van der Waals surface area contributed by atoms with Gasteiger partial charge >= 0.3 is 0 Å². The van der Waals surface area contributed by atoms with Gasteiger partial charge in [0.2, 0.25) is 5.91 Å². The highest BCUT2D eigenvalue weighted by Crippen LogP contribution is 2.43. The minimum Gasteiger partial charge on any atom is -0.383 e. The van der Waals surface area contributed by atoms with Crippen molar-refractivity contribution in [1.82, 2.24) is 9.80 Å². The van der Waals surface area contributed by atoms with Gasteiger partial charge in [-0.05, 0) is 53.6 Å². The van der Waals surface area contributed by atoms with Crippen molar-refractivity contribution in [3.8, 4) is 0 Å². The van der Waals surface area contributed by atoms with E-state index in [0.29, 0.717) is 56.0 Å². The molecular formula is C29H29F2N3O3. The number of rotatable bonds is 6. The highest BCUT2D eigenvalue weighted by Gasteiger charge is 2.45. The molecule has 2 heterocycles. The summed E-state index contributed by atoms with van der Waals surface area (Å²) in [5.74, 6) is -1.56. The summed E-state index contributed by atoms with van der Waals surface area (Å²) >= 11 is 0. The number of methoxy groups -OCH3 is 1. The molecule has 3 aromatic carbocycles. The summed E-state index contributed by atoms with van der Waals surface area (Å²) in [6.07, 6.45) is 0. The van der Waals surface area contributed by atoms with Gasteiger partial charge in [0, 0.05) is 51.1 Å². The fourth-order valence-corrected chi connectivity index (χ4v) is 5.36. The molecule has 0 aliphatic carbocycles. The molecule has 6 nitrogen and oxygen atoms in total. The van der Waals surface area contributed by atoms with Crippen molar-refractivity contribution in [2.75, 3.05) is 51.3 Å². The van der Waals surface area contributed by atoms with Gasteiger partial charge in [-0.15, -0.1) is 0 Å². The van der Waals surface area contributed by atoms with Gasteiger partial charge in [-0.1, -0.05) is 30.3 Å². The monoisotopic (exact) mass is 505 g/mol. The second kappa shape index (κ2) is 10.7. The molecule has 0 aromatic heterocycles. The zero-order valence-corrected chi connectivity index (χ0v) is 20.6. The molecule has 0 saturated carbocycles. The molecule has 0 spiro atoms. The maximum absolute atomic E-state index is 14.2. The summed E-state index contributed by atoms with van der Waals surface area (Å²) in [5, 5.41) is 0. The lowest BCUT2D eigenvalue weighted by atomic mass is 9.78. The summed E-state index contributed by atoms with van der Waals surface area (Å²) in [5.41, 5.74) is 2.79. The van der Waals surface area contributed by atoms with Crippen LogP contribution < -0.4 is 4.90 Å². The van der Waals surface area contributed by atoms with Crippen LogP contribution in [0, 0.1) is 11.6 Å². The molecule has 2 aliphatic rings. The van der Waals surface area contributed by atoms with Crippen LogP contribution in [0.2, 0.25) is 0 Å². The van der Waals surface area contributed by atoms with E-state index >= 15 is 0 Å². The Morgan fingerprint density at radius 3 is 2.16 bits per heavy atom. The third-order valence-electron chi connectivity index (χ3n) is 7.24. The van der Waals surface area contributed by atoms with Crippen LogP contribution in [0.4, 0.5) is 14.5 Å². The number of nitrogens with zero attached hydrogens (tertiary/aromatic N) is 3. The standard InChI is InChI=1S/C29H29F2N3O3/c1-37-19-18-34-27(20-6-8-21(30)9-7-20)26(24-4-2-3-5-25(24)28(34)35)29(36)33-16-14-32(15-17-33)23-12-10-22(31)11-13-23/h2-13,26-27H,14-19H2,1H3. The second-order valence-corrected chi connectivity index (χ2v) is 9.34. The zero-order chi connectivity index (χ0) is 25.9. The van der Waals surface area contributed by atoms with E-state index in [9.17, 15) is 18.4 Å². The summed E-state index contributed by atoms with van der Waals surface area (Å²) in [6.45, 7) is 2.82. The average molecular weight is 506 g/mol. The average Bonchev–Trinajstić information content (AvgIpc) is 2.93. The number of carbonyl (C=O) groups is 2. The van der Waals surface area contributed by atoms with Crippen LogP contribution in [-0.2, 0) is 9.53 Å². The predicted molar refractivity (Wildman–Crippen MR) is 136 cm³/mol. The fourth-order valence-electron chi connectivity index (χ4n) is 5.36. The largest absolute Gasteiger partial charge is 0.383 e. The summed E-state index contributed by atoms with van der Waals surface area (Å²) < 4.78 is 32.4. The lowest BCUT2D eigenvalue weighted by molar-refractivity contribution is -0.135. The SMILES string of the molecule is COCCN1C(=O)c2ccccc2C(C(=O)N2CCN(c3ccc(F)cc3)CC2)C1c1ccc(F)cc1. The van der Waals surface area contributed by atoms with Crippen LogP contribution in [0.3, 0.4) is 0 Å². The first-order chi connectivity index (χ1) is 18.0. The van der Waals surface area contributed by atoms with Crippen LogP contribution >= 0.6 is 0 Å². The lowest BCUT2D eigenvalue weighted by Crippen LogP contribution is -2.53. The van der Waals surface area contributed by atoms with E-state index in [1.54, 1.807) is 48.4 Å². The number of hydrogen-bond donors (Lipinski definition) is 0. The molecule has 8 heteroatoms. The molecule has 0 radical (unpaired) electrons. The number of ether oxygens (including phenoxy) is 1. The van der Waals surface area contributed by atoms with Gasteiger partial charge in [0.05, 0.1) is 18.6 Å². The molecule has 5 rings (SSSR count). The summed E-state index contributed by atoms with van der Waals surface area (Å²) in [7, 11) is 1.57. The first kappa shape index (κ1) is 24.9. The molecule has 2 atom stereocenters. The Labute approximate surface area is 215 Å². The van der Waals surface area contributed by atoms with Crippen LogP contribution in [0.15, 0.2) is 72.8 Å². The van der Waals surface area contributed by atoms with Crippen LogP contribution in [0.1, 0.15) is 33.4 Å². The molecule has 37 heavy (non-hydrogen) atoms. The predicted octanol–water partition coefficient (Wildman–Crippen LogP) is 4.24. The van der Waals surface area contributed by atoms with Crippen LogP contribution in [0.25, 0.3) is 0 Å². The van der Waals surface area contributed by atoms with E-state index in [1.165, 1.54) is 24.3 Å². The maximum Gasteiger partial charge on any atom is 0.254 e. The Morgan fingerprint density at radius 2 is 1.51 bits per heavy atom. The highest BCUT2D eigenvalue weighted by atomic mass is 19.1. The third kappa shape index (κ3) is 4.93. The summed E-state index contributed by atoms with van der Waals surface area (Å²) in [4.78, 5) is 33.4. The van der Waals surface area contributed by atoms with E-state index in [2.05, 4.69) is 4.90 Å². The number of anilines is 1. The van der Waals surface area contributed by atoms with Crippen molar-refractivity contribution in [1.29, 1.82) is 0 Å². The van der Waals surface area contributed by atoms with E-state index < -0.39 is 12.0 Å². The molecule has 0 N–H and O–H groups in total. The lowest BCUT2D eigenvalue weighted by Gasteiger charge is -2.44. The second-order valence-electron chi connectivity index (χ2n) is 9.34. The molecule has 3 aromatic rings. The summed E-state index contributed by atoms with van der Waals surface area (Å²) in [6, 6.07) is 19.0. The smallest absolute Gasteiger partial charge is 0.254 e. The van der Waals surface area contributed by atoms with Gasteiger partial charge < -0.3 is 19.4 Å². The van der Waals surface area contributed by atoms with Gasteiger partial charge in [-0.25, -0.2) is 8.78 Å². The molecule has 0 bridgehead atoms. The van der Waals surface area contributed by atoms with Crippen molar-refractivity contribution in [3.63, 3.8) is 0 Å². The van der Waals surface area contributed by atoms with E-state index in [0.717, 1.165) is 5.69 Å². The van der Waals surface area contributed by atoms with Crippen molar-refractivity contribution < 1.29 is 23.1 Å². The first-order valence-corrected chi connectivity index (χ1v) is 12.4. The fraction of sp³-hybridized carbons (Fsp3) is 0.310. The number of halogens is 2. The molecule has 2 unspecified atom stereocenters. The van der Waals surface area contributed by atoms with Crippen molar-refractivity contribution in [2.45, 2.75) is 12.0 Å². The van der Waals surface area contributed by atoms with E-state index in [-0.39, 0.29) is 23.4 Å². The Hall–Kier alpha value is -3.78. The van der Waals surface area contributed by atoms with Crippen molar-refractivity contribution in [3.05, 3.63) is 101 Å². The van der Waals surface area contributed by atoms with Gasteiger partial charge in [-0.2, -0.15) is 0 Å². The highest BCUT2D eigenvalue weighted by molar-refractivity contribution is 6.01. The normalized spacial score (nSPS) is 19.6. The first-order valence-electron chi connectivity index (χ1n) is 12.4. The van der Waals surface area contributed by atoms with Gasteiger partial charge in [0.15, 0.2) is 0 Å². The Kier molecular flexibility index (Phi) is 7.19. The van der Waals surface area contributed by atoms with Gasteiger partial charge in [0.25, 0.3) is 5.91 Å². The van der Waals surface area contributed by atoms with Crippen molar-refractivity contribution >= 4 is 17.5 Å². The van der Waals surface area contributed by atoms with Crippen LogP contribution in [0.5, 0.6) is 0 Å². The van der Waals surface area contributed by atoms with Gasteiger partial charge in [-0.3, -0.25) is 9.59 Å². The number of carbonyl (C=O) groups excluding carboxylic acids is 2. The quantitative estimate of drug-likeness (QED) is 0.503.